The van der Waals surface area contributed by atoms with Gasteiger partial charge in [-0.15, -0.1) is 0 Å². The lowest BCUT2D eigenvalue weighted by molar-refractivity contribution is 0.150. The molecule has 84 valence electrons. The number of nitrogens with one attached hydrogen (secondary N) is 1. The standard InChI is InChI=1S/C13H21NO/c1-10(2)13(9-14-4)15-12-8-6-5-7-11(12)3/h5-8,10,13-14H,9H2,1-4H3. The quantitative estimate of drug-likeness (QED) is 0.801. The number of hydrogen-bond donors (Lipinski definition) is 1. The van der Waals surface area contributed by atoms with Crippen LogP contribution in [0.25, 0.3) is 0 Å². The van der Waals surface area contributed by atoms with Gasteiger partial charge in [-0.1, -0.05) is 32.0 Å². The molecule has 15 heavy (non-hydrogen) atoms. The number of likely N-dealkylation sites (N-methyl/N-ethyl adjacent to an activating group) is 1. The molecule has 0 aromatic heterocycles. The van der Waals surface area contributed by atoms with Gasteiger partial charge in [0, 0.05) is 6.54 Å². The topological polar surface area (TPSA) is 21.3 Å². The Kier molecular flexibility index (Phi) is 4.63. The van der Waals surface area contributed by atoms with Crippen molar-refractivity contribution in [2.24, 2.45) is 5.92 Å². The third-order valence-electron chi connectivity index (χ3n) is 2.52. The van der Waals surface area contributed by atoms with Crippen LogP contribution in [-0.2, 0) is 0 Å². The molecule has 0 saturated carbocycles. The van der Waals surface area contributed by atoms with Crippen molar-refractivity contribution in [2.75, 3.05) is 13.6 Å². The van der Waals surface area contributed by atoms with Gasteiger partial charge in [0.15, 0.2) is 0 Å². The summed E-state index contributed by atoms with van der Waals surface area (Å²) in [4.78, 5) is 0. The van der Waals surface area contributed by atoms with Gasteiger partial charge in [-0.05, 0) is 31.5 Å². The number of aryl methyl sites for hydroxylation is 1. The molecule has 0 aliphatic carbocycles. The molecular weight excluding hydrogens is 186 g/mol. The van der Waals surface area contributed by atoms with E-state index in [2.05, 4.69) is 32.2 Å². The molecule has 0 aliphatic heterocycles. The van der Waals surface area contributed by atoms with Gasteiger partial charge in [-0.3, -0.25) is 0 Å². The summed E-state index contributed by atoms with van der Waals surface area (Å²) in [5, 5.41) is 3.16. The van der Waals surface area contributed by atoms with E-state index in [1.807, 2.05) is 25.2 Å². The van der Waals surface area contributed by atoms with E-state index >= 15 is 0 Å². The summed E-state index contributed by atoms with van der Waals surface area (Å²) in [6.45, 7) is 7.32. The highest BCUT2D eigenvalue weighted by atomic mass is 16.5. The highest BCUT2D eigenvalue weighted by molar-refractivity contribution is 5.31. The van der Waals surface area contributed by atoms with E-state index in [1.165, 1.54) is 5.56 Å². The first kappa shape index (κ1) is 12.1. The second kappa shape index (κ2) is 5.76. The van der Waals surface area contributed by atoms with Crippen LogP contribution < -0.4 is 10.1 Å². The molecule has 0 spiro atoms. The summed E-state index contributed by atoms with van der Waals surface area (Å²) in [5.41, 5.74) is 1.19. The van der Waals surface area contributed by atoms with Crippen molar-refractivity contribution < 1.29 is 4.74 Å². The summed E-state index contributed by atoms with van der Waals surface area (Å²) >= 11 is 0. The molecule has 1 atom stereocenters. The number of benzene rings is 1. The molecule has 1 aromatic carbocycles. The largest absolute Gasteiger partial charge is 0.489 e. The van der Waals surface area contributed by atoms with Gasteiger partial charge in [0.1, 0.15) is 11.9 Å². The van der Waals surface area contributed by atoms with Crippen LogP contribution in [0.15, 0.2) is 24.3 Å². The lowest BCUT2D eigenvalue weighted by Crippen LogP contribution is -2.33. The van der Waals surface area contributed by atoms with Gasteiger partial charge in [0.05, 0.1) is 0 Å². The maximum absolute atomic E-state index is 5.98. The zero-order chi connectivity index (χ0) is 11.3. The predicted molar refractivity (Wildman–Crippen MR) is 64.4 cm³/mol. The molecule has 0 amide bonds. The Morgan fingerprint density at radius 1 is 1.27 bits per heavy atom. The van der Waals surface area contributed by atoms with E-state index in [0.29, 0.717) is 5.92 Å². The highest BCUT2D eigenvalue weighted by Crippen LogP contribution is 2.19. The first-order valence-electron chi connectivity index (χ1n) is 5.52. The lowest BCUT2D eigenvalue weighted by atomic mass is 10.1. The SMILES string of the molecule is CNCC(Oc1ccccc1C)C(C)C. The minimum atomic E-state index is 0.232. The third-order valence-corrected chi connectivity index (χ3v) is 2.52. The van der Waals surface area contributed by atoms with Gasteiger partial charge in [-0.2, -0.15) is 0 Å². The average Bonchev–Trinajstić information content (AvgIpc) is 2.20. The Bertz CT molecular complexity index is 296. The van der Waals surface area contributed by atoms with Crippen LogP contribution in [0.1, 0.15) is 19.4 Å². The molecule has 2 nitrogen and oxygen atoms in total. The van der Waals surface area contributed by atoms with E-state index in [0.717, 1.165) is 12.3 Å². The fourth-order valence-corrected chi connectivity index (χ4v) is 1.47. The van der Waals surface area contributed by atoms with E-state index < -0.39 is 0 Å². The van der Waals surface area contributed by atoms with Gasteiger partial charge < -0.3 is 10.1 Å². The van der Waals surface area contributed by atoms with Crippen molar-refractivity contribution in [2.45, 2.75) is 26.9 Å². The Balaban J connectivity index is 2.69. The molecule has 0 radical (unpaired) electrons. The zero-order valence-electron chi connectivity index (χ0n) is 10.1. The summed E-state index contributed by atoms with van der Waals surface area (Å²) in [5.74, 6) is 1.50. The fourth-order valence-electron chi connectivity index (χ4n) is 1.47. The molecule has 0 fully saturated rings. The van der Waals surface area contributed by atoms with Crippen LogP contribution in [0.4, 0.5) is 0 Å². The van der Waals surface area contributed by atoms with Crippen molar-refractivity contribution in [1.29, 1.82) is 0 Å². The van der Waals surface area contributed by atoms with E-state index in [-0.39, 0.29) is 6.10 Å². The maximum atomic E-state index is 5.98. The van der Waals surface area contributed by atoms with Gasteiger partial charge in [-0.25, -0.2) is 0 Å². The van der Waals surface area contributed by atoms with Gasteiger partial charge in [0.25, 0.3) is 0 Å². The summed E-state index contributed by atoms with van der Waals surface area (Å²) in [7, 11) is 1.95. The second-order valence-corrected chi connectivity index (χ2v) is 4.22. The second-order valence-electron chi connectivity index (χ2n) is 4.22. The predicted octanol–water partition coefficient (Wildman–Crippen LogP) is 2.62. The molecular formula is C13H21NO. The van der Waals surface area contributed by atoms with E-state index in [4.69, 9.17) is 4.74 Å². The van der Waals surface area contributed by atoms with Crippen molar-refractivity contribution in [1.82, 2.24) is 5.32 Å². The normalized spacial score (nSPS) is 12.9. The molecule has 0 aliphatic rings. The minimum Gasteiger partial charge on any atom is -0.489 e. The Hall–Kier alpha value is -1.02. The summed E-state index contributed by atoms with van der Waals surface area (Å²) < 4.78 is 5.98. The average molecular weight is 207 g/mol. The Morgan fingerprint density at radius 2 is 1.93 bits per heavy atom. The van der Waals surface area contributed by atoms with Crippen LogP contribution in [0.3, 0.4) is 0 Å². The Morgan fingerprint density at radius 3 is 2.47 bits per heavy atom. The number of para-hydroxylation sites is 1. The first-order chi connectivity index (χ1) is 7.15. The van der Waals surface area contributed by atoms with E-state index in [1.54, 1.807) is 0 Å². The molecule has 0 heterocycles. The lowest BCUT2D eigenvalue weighted by Gasteiger charge is -2.23. The number of hydrogen-bond acceptors (Lipinski definition) is 2. The molecule has 1 aromatic rings. The zero-order valence-corrected chi connectivity index (χ0v) is 10.1. The number of rotatable bonds is 5. The monoisotopic (exact) mass is 207 g/mol. The molecule has 2 heteroatoms. The van der Waals surface area contributed by atoms with Crippen molar-refractivity contribution in [3.8, 4) is 5.75 Å². The molecule has 1 rings (SSSR count). The smallest absolute Gasteiger partial charge is 0.122 e. The van der Waals surface area contributed by atoms with E-state index in [9.17, 15) is 0 Å². The molecule has 1 unspecified atom stereocenters. The molecule has 0 saturated heterocycles. The van der Waals surface area contributed by atoms with Crippen LogP contribution in [0.5, 0.6) is 5.75 Å². The molecule has 0 bridgehead atoms. The molecule has 1 N–H and O–H groups in total. The fraction of sp³-hybridized carbons (Fsp3) is 0.538. The summed E-state index contributed by atoms with van der Waals surface area (Å²) in [6.07, 6.45) is 0.232. The third kappa shape index (κ3) is 3.56. The van der Waals surface area contributed by atoms with Crippen molar-refractivity contribution in [3.05, 3.63) is 29.8 Å². The number of ether oxygens (including phenoxy) is 1. The maximum Gasteiger partial charge on any atom is 0.122 e. The van der Waals surface area contributed by atoms with Crippen LogP contribution in [0.2, 0.25) is 0 Å². The van der Waals surface area contributed by atoms with Crippen LogP contribution >= 0.6 is 0 Å². The van der Waals surface area contributed by atoms with Gasteiger partial charge in [0.2, 0.25) is 0 Å². The van der Waals surface area contributed by atoms with Crippen LogP contribution in [0, 0.1) is 12.8 Å². The Labute approximate surface area is 92.6 Å². The van der Waals surface area contributed by atoms with Gasteiger partial charge >= 0.3 is 0 Å². The highest BCUT2D eigenvalue weighted by Gasteiger charge is 2.14. The van der Waals surface area contributed by atoms with Crippen molar-refractivity contribution >= 4 is 0 Å². The summed E-state index contributed by atoms with van der Waals surface area (Å²) in [6, 6.07) is 8.15. The minimum absolute atomic E-state index is 0.232. The van der Waals surface area contributed by atoms with Crippen molar-refractivity contribution in [3.63, 3.8) is 0 Å². The first-order valence-corrected chi connectivity index (χ1v) is 5.52. The van der Waals surface area contributed by atoms with Crippen LogP contribution in [-0.4, -0.2) is 19.7 Å².